The molecule has 1 heteroatoms. The average Bonchev–Trinajstić information content (AvgIpc) is 2.89. The smallest absolute Gasteiger partial charge is 0.0266 e. The van der Waals surface area contributed by atoms with E-state index in [-0.39, 0.29) is 5.41 Å². The summed E-state index contributed by atoms with van der Waals surface area (Å²) in [5.41, 5.74) is 1.63. The highest BCUT2D eigenvalue weighted by Gasteiger charge is 2.30. The third kappa shape index (κ3) is 8.29. The molecule has 0 radical (unpaired) electrons. The lowest BCUT2D eigenvalue weighted by Crippen LogP contribution is -2.25. The molecular weight excluding hydrogens is 314 g/mol. The summed E-state index contributed by atoms with van der Waals surface area (Å²) in [6, 6.07) is 0. The molecule has 0 aromatic heterocycles. The van der Waals surface area contributed by atoms with E-state index in [2.05, 4.69) is 74.9 Å². The summed E-state index contributed by atoms with van der Waals surface area (Å²) in [6.07, 6.45) is 32.9. The lowest BCUT2D eigenvalue weighted by Gasteiger charge is -2.35. The normalized spacial score (nSPS) is 21.5. The van der Waals surface area contributed by atoms with Crippen molar-refractivity contribution < 1.29 is 0 Å². The Bertz CT molecular complexity index is 592. The second kappa shape index (κ2) is 13.1. The Morgan fingerprint density at radius 2 is 1.81 bits per heavy atom. The molecule has 0 spiro atoms. The van der Waals surface area contributed by atoms with E-state index >= 15 is 0 Å². The first-order valence-corrected chi connectivity index (χ1v) is 9.76. The van der Waals surface area contributed by atoms with Gasteiger partial charge < -0.3 is 0 Å². The van der Waals surface area contributed by atoms with Crippen LogP contribution in [-0.4, -0.2) is 6.21 Å². The molecule has 0 saturated carbocycles. The molecule has 0 aromatic rings. The number of hydrogen-bond acceptors (Lipinski definition) is 1. The maximum absolute atomic E-state index is 4.23. The van der Waals surface area contributed by atoms with E-state index in [1.807, 2.05) is 30.6 Å². The number of allylic oxidation sites excluding steroid dienone is 12. The molecule has 0 bridgehead atoms. The van der Waals surface area contributed by atoms with E-state index in [1.54, 1.807) is 6.08 Å². The van der Waals surface area contributed by atoms with Crippen molar-refractivity contribution in [2.45, 2.75) is 52.9 Å². The Morgan fingerprint density at radius 1 is 1.08 bits per heavy atom. The van der Waals surface area contributed by atoms with Crippen LogP contribution in [0.15, 0.2) is 90.2 Å². The van der Waals surface area contributed by atoms with Gasteiger partial charge >= 0.3 is 0 Å². The maximum atomic E-state index is 4.23. The third-order valence-electron chi connectivity index (χ3n) is 4.83. The average molecular weight is 350 g/mol. The molecule has 26 heavy (non-hydrogen) atoms. The van der Waals surface area contributed by atoms with Gasteiger partial charge in [0, 0.05) is 18.8 Å². The van der Waals surface area contributed by atoms with Gasteiger partial charge in [0.2, 0.25) is 0 Å². The quantitative estimate of drug-likeness (QED) is 0.359. The number of nitrogens with zero attached hydrogens (tertiary/aromatic N) is 1. The molecule has 1 nitrogen and oxygen atoms in total. The van der Waals surface area contributed by atoms with Crippen molar-refractivity contribution in [2.24, 2.45) is 16.3 Å². The van der Waals surface area contributed by atoms with Crippen LogP contribution < -0.4 is 0 Å². The highest BCUT2D eigenvalue weighted by Crippen LogP contribution is 2.41. The fourth-order valence-corrected chi connectivity index (χ4v) is 3.04. The van der Waals surface area contributed by atoms with E-state index < -0.39 is 0 Å². The molecular formula is C25H35N. The molecule has 0 aromatic carbocycles. The molecule has 2 aliphatic rings. The van der Waals surface area contributed by atoms with Crippen LogP contribution in [0.4, 0.5) is 0 Å². The van der Waals surface area contributed by atoms with Gasteiger partial charge in [-0.05, 0) is 48.7 Å². The van der Waals surface area contributed by atoms with Gasteiger partial charge in [0.15, 0.2) is 0 Å². The van der Waals surface area contributed by atoms with Crippen LogP contribution in [0.1, 0.15) is 52.9 Å². The summed E-state index contributed by atoms with van der Waals surface area (Å²) in [4.78, 5) is 4.23. The Kier molecular flexibility index (Phi) is 11.0. The second-order valence-electron chi connectivity index (χ2n) is 7.07. The van der Waals surface area contributed by atoms with Gasteiger partial charge in [-0.2, -0.15) is 0 Å². The predicted octanol–water partition coefficient (Wildman–Crippen LogP) is 7.53. The van der Waals surface area contributed by atoms with Crippen molar-refractivity contribution in [3.63, 3.8) is 0 Å². The van der Waals surface area contributed by atoms with Crippen LogP contribution in [0.2, 0.25) is 0 Å². The number of rotatable bonds is 5. The SMILES string of the molecule is C=C/C=C\C=C/CC.CC(C)(C1=CCC=NC=C1)C1CC=CC/C=C\C1. The van der Waals surface area contributed by atoms with E-state index in [1.165, 1.54) is 18.4 Å². The van der Waals surface area contributed by atoms with E-state index in [4.69, 9.17) is 0 Å². The molecule has 140 valence electrons. The van der Waals surface area contributed by atoms with Gasteiger partial charge in [-0.15, -0.1) is 0 Å². The second-order valence-corrected chi connectivity index (χ2v) is 7.07. The molecule has 0 N–H and O–H groups in total. The van der Waals surface area contributed by atoms with Crippen molar-refractivity contribution in [3.05, 3.63) is 85.2 Å². The monoisotopic (exact) mass is 349 g/mol. The molecule has 1 aliphatic carbocycles. The third-order valence-corrected chi connectivity index (χ3v) is 4.83. The van der Waals surface area contributed by atoms with Crippen molar-refractivity contribution in [1.82, 2.24) is 0 Å². The van der Waals surface area contributed by atoms with Gasteiger partial charge in [-0.1, -0.05) is 88.1 Å². The molecule has 0 amide bonds. The van der Waals surface area contributed by atoms with Crippen LogP contribution in [0, 0.1) is 11.3 Å². The summed E-state index contributed by atoms with van der Waals surface area (Å²) in [7, 11) is 0. The van der Waals surface area contributed by atoms with Gasteiger partial charge in [0.05, 0.1) is 0 Å². The minimum atomic E-state index is 0.205. The minimum Gasteiger partial charge on any atom is -0.269 e. The van der Waals surface area contributed by atoms with Crippen molar-refractivity contribution in [1.29, 1.82) is 0 Å². The lowest BCUT2D eigenvalue weighted by molar-refractivity contribution is 0.272. The highest BCUT2D eigenvalue weighted by molar-refractivity contribution is 5.62. The zero-order chi connectivity index (χ0) is 19.1. The fraction of sp³-hybridized carbons (Fsp3) is 0.400. The lowest BCUT2D eigenvalue weighted by atomic mass is 9.69. The number of hydrogen-bond donors (Lipinski definition) is 0. The summed E-state index contributed by atoms with van der Waals surface area (Å²) < 4.78 is 0. The summed E-state index contributed by atoms with van der Waals surface area (Å²) >= 11 is 0. The molecule has 1 atom stereocenters. The zero-order valence-corrected chi connectivity index (χ0v) is 16.8. The molecule has 1 heterocycles. The van der Waals surface area contributed by atoms with Crippen LogP contribution in [-0.2, 0) is 0 Å². The van der Waals surface area contributed by atoms with Crippen LogP contribution >= 0.6 is 0 Å². The standard InChI is InChI=1S/C17H23N.C8H12/c1-17(2,16-11-8-13-18-14-12-16)15-9-6-4-3-5-7-10-15;1-3-5-7-8-6-4-2/h4-7,11-15H,3,8-10H2,1-2H3;3,5-8H,1,4H2,2H3/b6-4-,7-5?;7-5-,8-6-. The highest BCUT2D eigenvalue weighted by atomic mass is 14.7. The molecule has 0 saturated heterocycles. The largest absolute Gasteiger partial charge is 0.269 e. The first-order valence-electron chi connectivity index (χ1n) is 9.76. The van der Waals surface area contributed by atoms with Crippen molar-refractivity contribution in [3.8, 4) is 0 Å². The van der Waals surface area contributed by atoms with E-state index in [0.717, 1.165) is 19.3 Å². The van der Waals surface area contributed by atoms with Crippen LogP contribution in [0.3, 0.4) is 0 Å². The molecule has 2 rings (SSSR count). The van der Waals surface area contributed by atoms with Gasteiger partial charge in [0.25, 0.3) is 0 Å². The van der Waals surface area contributed by atoms with Crippen molar-refractivity contribution >= 4 is 6.21 Å². The Hall–Kier alpha value is -2.15. The van der Waals surface area contributed by atoms with E-state index in [9.17, 15) is 0 Å². The van der Waals surface area contributed by atoms with Gasteiger partial charge in [-0.25, -0.2) is 0 Å². The Balaban J connectivity index is 0.000000359. The van der Waals surface area contributed by atoms with Gasteiger partial charge in [-0.3, -0.25) is 4.99 Å². The minimum absolute atomic E-state index is 0.205. The molecule has 1 aliphatic heterocycles. The topological polar surface area (TPSA) is 12.4 Å². The summed E-state index contributed by atoms with van der Waals surface area (Å²) in [6.45, 7) is 10.4. The maximum Gasteiger partial charge on any atom is 0.0266 e. The van der Waals surface area contributed by atoms with Crippen molar-refractivity contribution in [2.75, 3.05) is 0 Å². The first kappa shape index (κ1) is 21.9. The van der Waals surface area contributed by atoms with E-state index in [0.29, 0.717) is 5.92 Å². The fourth-order valence-electron chi connectivity index (χ4n) is 3.04. The first-order chi connectivity index (χ1) is 12.6. The van der Waals surface area contributed by atoms with Gasteiger partial charge in [0.1, 0.15) is 0 Å². The Labute approximate surface area is 161 Å². The molecule has 1 unspecified atom stereocenters. The molecule has 0 fully saturated rings. The summed E-state index contributed by atoms with van der Waals surface area (Å²) in [5, 5.41) is 0. The number of aliphatic imine (C=N–C) groups is 1. The van der Waals surface area contributed by atoms with Crippen LogP contribution in [0.25, 0.3) is 0 Å². The summed E-state index contributed by atoms with van der Waals surface area (Å²) in [5.74, 6) is 0.666. The zero-order valence-electron chi connectivity index (χ0n) is 16.8. The predicted molar refractivity (Wildman–Crippen MR) is 119 cm³/mol. The van der Waals surface area contributed by atoms with Crippen LogP contribution in [0.5, 0.6) is 0 Å². The Morgan fingerprint density at radius 3 is 2.46 bits per heavy atom.